The second-order valence-electron chi connectivity index (χ2n) is 8.86. The number of hydrogen-bond acceptors (Lipinski definition) is 5. The molecule has 0 radical (unpaired) electrons. The Balaban J connectivity index is 1.51. The molecule has 6 nitrogen and oxygen atoms in total. The topological polar surface area (TPSA) is 79.9 Å². The molecular weight excluding hydrogens is 479 g/mol. The van der Waals surface area contributed by atoms with Crippen molar-refractivity contribution in [1.29, 1.82) is 0 Å². The van der Waals surface area contributed by atoms with Crippen LogP contribution in [0.15, 0.2) is 79.0 Å². The van der Waals surface area contributed by atoms with E-state index in [0.717, 1.165) is 47.2 Å². The van der Waals surface area contributed by atoms with Gasteiger partial charge in [-0.25, -0.2) is 4.98 Å². The first-order valence-electron chi connectivity index (χ1n) is 13.0. The number of pyridine rings is 1. The molecule has 0 aliphatic rings. The fourth-order valence-corrected chi connectivity index (χ4v) is 4.30. The zero-order chi connectivity index (χ0) is 26.7. The number of carbonyl (C=O) groups is 1. The zero-order valence-corrected chi connectivity index (χ0v) is 21.8. The van der Waals surface area contributed by atoms with Gasteiger partial charge in [0.2, 0.25) is 11.8 Å². The van der Waals surface area contributed by atoms with E-state index in [9.17, 15) is 9.18 Å². The number of fused-ring (bicyclic) bond motifs is 1. The van der Waals surface area contributed by atoms with E-state index in [1.807, 2.05) is 67.7 Å². The van der Waals surface area contributed by atoms with Crippen LogP contribution in [0.3, 0.4) is 0 Å². The van der Waals surface area contributed by atoms with Crippen LogP contribution in [-0.4, -0.2) is 40.7 Å². The highest BCUT2D eigenvalue weighted by Gasteiger charge is 2.16. The number of allylic oxidation sites excluding steroid dienone is 2. The number of rotatable bonds is 13. The number of aromatic nitrogens is 3. The van der Waals surface area contributed by atoms with Gasteiger partial charge in [0.15, 0.2) is 5.78 Å². The average Bonchev–Trinajstić information content (AvgIpc) is 3.33. The predicted octanol–water partition coefficient (Wildman–Crippen LogP) is 6.36. The molecule has 0 aliphatic carbocycles. The SMILES string of the molecule is CCC(=O)/C=C/CNCCCOc1ccc(/C(=C(/CC)c2ccccc2)c2ccc3n[nH]c(F)c3c2)cn1. The van der Waals surface area contributed by atoms with E-state index in [4.69, 9.17) is 4.74 Å². The molecule has 0 bridgehead atoms. The first-order chi connectivity index (χ1) is 18.6. The molecule has 0 saturated heterocycles. The van der Waals surface area contributed by atoms with Crippen LogP contribution in [0.25, 0.3) is 22.0 Å². The maximum Gasteiger partial charge on any atom is 0.216 e. The van der Waals surface area contributed by atoms with Crippen molar-refractivity contribution in [2.45, 2.75) is 33.1 Å². The second kappa shape index (κ2) is 13.4. The first-order valence-corrected chi connectivity index (χ1v) is 13.0. The lowest BCUT2D eigenvalue weighted by Gasteiger charge is -2.16. The Morgan fingerprint density at radius 1 is 1.03 bits per heavy atom. The van der Waals surface area contributed by atoms with Crippen molar-refractivity contribution in [3.63, 3.8) is 0 Å². The van der Waals surface area contributed by atoms with Crippen LogP contribution in [0.4, 0.5) is 4.39 Å². The molecule has 0 atom stereocenters. The molecule has 38 heavy (non-hydrogen) atoms. The van der Waals surface area contributed by atoms with Gasteiger partial charge in [-0.3, -0.25) is 9.89 Å². The van der Waals surface area contributed by atoms with Crippen molar-refractivity contribution in [2.24, 2.45) is 0 Å². The fraction of sp³-hybridized carbons (Fsp3) is 0.258. The van der Waals surface area contributed by atoms with Gasteiger partial charge < -0.3 is 10.1 Å². The summed E-state index contributed by atoms with van der Waals surface area (Å²) < 4.78 is 20.2. The number of halogens is 1. The van der Waals surface area contributed by atoms with E-state index in [-0.39, 0.29) is 5.78 Å². The molecule has 2 aromatic carbocycles. The number of carbonyl (C=O) groups excluding carboxylic acids is 1. The highest BCUT2D eigenvalue weighted by molar-refractivity contribution is 6.00. The molecule has 0 amide bonds. The third kappa shape index (κ3) is 6.81. The third-order valence-electron chi connectivity index (χ3n) is 6.26. The van der Waals surface area contributed by atoms with Crippen molar-refractivity contribution < 1.29 is 13.9 Å². The fourth-order valence-electron chi connectivity index (χ4n) is 4.30. The Bertz CT molecular complexity index is 1410. The Morgan fingerprint density at radius 3 is 2.58 bits per heavy atom. The van der Waals surface area contributed by atoms with Crippen LogP contribution in [-0.2, 0) is 4.79 Å². The van der Waals surface area contributed by atoms with E-state index in [2.05, 4.69) is 39.6 Å². The van der Waals surface area contributed by atoms with E-state index in [0.29, 0.717) is 36.4 Å². The smallest absolute Gasteiger partial charge is 0.216 e. The number of aromatic amines is 1. The normalized spacial score (nSPS) is 12.2. The first kappa shape index (κ1) is 26.9. The Hall–Kier alpha value is -4.10. The summed E-state index contributed by atoms with van der Waals surface area (Å²) in [5.74, 6) is 0.239. The Labute approximate surface area is 222 Å². The number of benzene rings is 2. The monoisotopic (exact) mass is 512 g/mol. The summed E-state index contributed by atoms with van der Waals surface area (Å²) in [6.07, 6.45) is 7.40. The van der Waals surface area contributed by atoms with Crippen molar-refractivity contribution in [2.75, 3.05) is 19.7 Å². The molecule has 0 aliphatic heterocycles. The van der Waals surface area contributed by atoms with Crippen LogP contribution in [0.5, 0.6) is 5.88 Å². The molecule has 2 aromatic heterocycles. The average molecular weight is 513 g/mol. The Kier molecular flexibility index (Phi) is 9.54. The standard InChI is InChI=1S/C31H33FN4O2/c1-3-25(37)12-8-17-33-18-9-19-38-29-16-14-24(21-34-29)30(26(4-2)22-10-6-5-7-11-22)23-13-15-28-27(20-23)31(32)36-35-28/h5-8,10-16,20-21,33H,3-4,9,17-19H2,1-2H3,(H,35,36)/b12-8+,30-26-. The molecule has 0 spiro atoms. The number of nitrogens with one attached hydrogen (secondary N) is 2. The van der Waals surface area contributed by atoms with Crippen molar-refractivity contribution in [3.8, 4) is 5.88 Å². The summed E-state index contributed by atoms with van der Waals surface area (Å²) in [7, 11) is 0. The summed E-state index contributed by atoms with van der Waals surface area (Å²) in [6.45, 7) is 5.93. The van der Waals surface area contributed by atoms with Gasteiger partial charge in [-0.1, -0.05) is 56.3 Å². The summed E-state index contributed by atoms with van der Waals surface area (Å²) in [5, 5.41) is 10.2. The van der Waals surface area contributed by atoms with Gasteiger partial charge in [0.1, 0.15) is 0 Å². The second-order valence-corrected chi connectivity index (χ2v) is 8.86. The van der Waals surface area contributed by atoms with E-state index >= 15 is 0 Å². The lowest BCUT2D eigenvalue weighted by atomic mass is 9.88. The summed E-state index contributed by atoms with van der Waals surface area (Å²) in [4.78, 5) is 15.8. The summed E-state index contributed by atoms with van der Waals surface area (Å²) >= 11 is 0. The maximum absolute atomic E-state index is 14.3. The highest BCUT2D eigenvalue weighted by Crippen LogP contribution is 2.35. The van der Waals surface area contributed by atoms with Crippen LogP contribution in [0.1, 0.15) is 49.8 Å². The van der Waals surface area contributed by atoms with E-state index in [1.54, 1.807) is 6.08 Å². The zero-order valence-electron chi connectivity index (χ0n) is 21.8. The molecule has 2 heterocycles. The summed E-state index contributed by atoms with van der Waals surface area (Å²) in [5.41, 5.74) is 5.67. The van der Waals surface area contributed by atoms with E-state index < -0.39 is 5.95 Å². The number of ether oxygens (including phenoxy) is 1. The quantitative estimate of drug-likeness (QED) is 0.124. The molecule has 4 rings (SSSR count). The Morgan fingerprint density at radius 2 is 1.84 bits per heavy atom. The minimum atomic E-state index is -0.444. The van der Waals surface area contributed by atoms with Crippen LogP contribution in [0.2, 0.25) is 0 Å². The van der Waals surface area contributed by atoms with Gasteiger partial charge in [0.25, 0.3) is 0 Å². The lowest BCUT2D eigenvalue weighted by molar-refractivity contribution is -0.114. The molecular formula is C31H33FN4O2. The van der Waals surface area contributed by atoms with Crippen molar-refractivity contribution in [1.82, 2.24) is 20.5 Å². The van der Waals surface area contributed by atoms with Crippen LogP contribution >= 0.6 is 0 Å². The molecule has 196 valence electrons. The van der Waals surface area contributed by atoms with Gasteiger partial charge in [-0.05, 0) is 65.9 Å². The predicted molar refractivity (Wildman–Crippen MR) is 150 cm³/mol. The number of H-pyrrole nitrogens is 1. The molecule has 4 aromatic rings. The van der Waals surface area contributed by atoms with Gasteiger partial charge in [0.05, 0.1) is 17.5 Å². The van der Waals surface area contributed by atoms with Crippen molar-refractivity contribution >= 4 is 27.8 Å². The maximum atomic E-state index is 14.3. The van der Waals surface area contributed by atoms with Crippen LogP contribution in [0, 0.1) is 5.95 Å². The van der Waals surface area contributed by atoms with Crippen molar-refractivity contribution in [3.05, 3.63) is 102 Å². The van der Waals surface area contributed by atoms with Gasteiger partial charge in [-0.15, -0.1) is 0 Å². The number of nitrogens with zero attached hydrogens (tertiary/aromatic N) is 2. The molecule has 7 heteroatoms. The van der Waals surface area contributed by atoms with Gasteiger partial charge in [-0.2, -0.15) is 9.49 Å². The molecule has 0 saturated carbocycles. The number of hydrogen-bond donors (Lipinski definition) is 2. The molecule has 2 N–H and O–H groups in total. The lowest BCUT2D eigenvalue weighted by Crippen LogP contribution is -2.17. The molecule has 0 fully saturated rings. The van der Waals surface area contributed by atoms with Crippen LogP contribution < -0.4 is 10.1 Å². The third-order valence-corrected chi connectivity index (χ3v) is 6.26. The van der Waals surface area contributed by atoms with E-state index in [1.165, 1.54) is 0 Å². The minimum absolute atomic E-state index is 0.131. The molecule has 0 unspecified atom stereocenters. The summed E-state index contributed by atoms with van der Waals surface area (Å²) in [6, 6.07) is 19.7. The highest BCUT2D eigenvalue weighted by atomic mass is 19.1. The number of ketones is 1. The van der Waals surface area contributed by atoms with Gasteiger partial charge >= 0.3 is 0 Å². The minimum Gasteiger partial charge on any atom is -0.478 e. The largest absolute Gasteiger partial charge is 0.478 e. The van der Waals surface area contributed by atoms with Gasteiger partial charge in [0, 0.05) is 30.8 Å².